The smallest absolute Gasteiger partial charge is 0.228 e. The molecule has 0 saturated heterocycles. The van der Waals surface area contributed by atoms with Gasteiger partial charge in [0.05, 0.1) is 22.1 Å². The van der Waals surface area contributed by atoms with Crippen molar-refractivity contribution in [1.29, 1.82) is 0 Å². The van der Waals surface area contributed by atoms with E-state index in [2.05, 4.69) is 5.32 Å². The van der Waals surface area contributed by atoms with Crippen molar-refractivity contribution in [3.05, 3.63) is 88.7 Å². The van der Waals surface area contributed by atoms with E-state index in [1.165, 1.54) is 18.2 Å². The molecule has 1 N–H and O–H groups in total. The van der Waals surface area contributed by atoms with Crippen LogP contribution >= 0.6 is 11.6 Å². The molecule has 8 heteroatoms. The van der Waals surface area contributed by atoms with Gasteiger partial charge < -0.3 is 10.1 Å². The Hall–Kier alpha value is -2.90. The van der Waals surface area contributed by atoms with Gasteiger partial charge in [0.15, 0.2) is 9.84 Å². The summed E-state index contributed by atoms with van der Waals surface area (Å²) in [5, 5.41) is 2.93. The topological polar surface area (TPSA) is 72.5 Å². The summed E-state index contributed by atoms with van der Waals surface area (Å²) < 4.78 is 44.3. The zero-order chi connectivity index (χ0) is 25.1. The second-order valence-electron chi connectivity index (χ2n) is 8.73. The van der Waals surface area contributed by atoms with Crippen LogP contribution in [0, 0.1) is 5.82 Å². The molecule has 0 unspecified atom stereocenters. The lowest BCUT2D eigenvalue weighted by Gasteiger charge is -2.31. The summed E-state index contributed by atoms with van der Waals surface area (Å²) >= 11 is 5.86. The fourth-order valence-corrected chi connectivity index (χ4v) is 5.38. The van der Waals surface area contributed by atoms with Crippen LogP contribution in [0.3, 0.4) is 0 Å². The molecule has 5 nitrogen and oxygen atoms in total. The number of hydrogen-bond acceptors (Lipinski definition) is 4. The van der Waals surface area contributed by atoms with Crippen LogP contribution in [0.1, 0.15) is 43.7 Å². The lowest BCUT2D eigenvalue weighted by Crippen LogP contribution is -2.29. The first kappa shape index (κ1) is 25.2. The average molecular weight is 516 g/mol. The normalized spacial score (nSPS) is 15.1. The van der Waals surface area contributed by atoms with E-state index in [4.69, 9.17) is 16.3 Å². The van der Waals surface area contributed by atoms with E-state index in [1.807, 2.05) is 6.07 Å². The van der Waals surface area contributed by atoms with E-state index in [0.29, 0.717) is 11.4 Å². The largest absolute Gasteiger partial charge is 0.483 e. The summed E-state index contributed by atoms with van der Waals surface area (Å²) in [5.74, 6) is -0.00932. The van der Waals surface area contributed by atoms with Crippen molar-refractivity contribution in [2.75, 3.05) is 11.1 Å². The van der Waals surface area contributed by atoms with Crippen molar-refractivity contribution in [3.8, 4) is 5.75 Å². The number of anilines is 1. The number of hydrogen-bond donors (Lipinski definition) is 1. The summed E-state index contributed by atoms with van der Waals surface area (Å²) in [6.45, 7) is 1.60. The molecule has 0 aliphatic heterocycles. The molecule has 0 atom stereocenters. The maximum absolute atomic E-state index is 14.1. The van der Waals surface area contributed by atoms with Crippen LogP contribution in [0.4, 0.5) is 10.1 Å². The van der Waals surface area contributed by atoms with Gasteiger partial charge in [-0.1, -0.05) is 36.7 Å². The fourth-order valence-electron chi connectivity index (χ4n) is 4.38. The highest BCUT2D eigenvalue weighted by Gasteiger charge is 2.38. The van der Waals surface area contributed by atoms with Gasteiger partial charge in [0, 0.05) is 5.69 Å². The summed E-state index contributed by atoms with van der Waals surface area (Å²) in [7, 11) is -3.27. The quantitative estimate of drug-likeness (QED) is 0.382. The summed E-state index contributed by atoms with van der Waals surface area (Å²) in [5.41, 5.74) is 1.50. The number of halogens is 2. The van der Waals surface area contributed by atoms with Crippen LogP contribution in [0.15, 0.2) is 71.6 Å². The van der Waals surface area contributed by atoms with E-state index in [0.717, 1.165) is 36.8 Å². The number of nitrogens with one attached hydrogen (secondary N) is 1. The summed E-state index contributed by atoms with van der Waals surface area (Å²) in [4.78, 5) is 12.7. The highest BCUT2D eigenvalue weighted by atomic mass is 35.5. The first-order valence-corrected chi connectivity index (χ1v) is 13.6. The predicted octanol–water partition coefficient (Wildman–Crippen LogP) is 6.30. The van der Waals surface area contributed by atoms with Gasteiger partial charge in [-0.05, 0) is 85.3 Å². The molecule has 4 rings (SSSR count). The Labute approximate surface area is 210 Å². The molecule has 35 heavy (non-hydrogen) atoms. The molecule has 0 aromatic heterocycles. The van der Waals surface area contributed by atoms with Gasteiger partial charge in [-0.25, -0.2) is 12.8 Å². The number of rotatable bonds is 8. The second kappa shape index (κ2) is 10.4. The zero-order valence-electron chi connectivity index (χ0n) is 19.4. The van der Waals surface area contributed by atoms with Crippen LogP contribution in [0.5, 0.6) is 5.75 Å². The molecule has 0 radical (unpaired) electrons. The molecule has 184 valence electrons. The average Bonchev–Trinajstić information content (AvgIpc) is 3.32. The van der Waals surface area contributed by atoms with Crippen molar-refractivity contribution < 1.29 is 22.3 Å². The molecule has 0 bridgehead atoms. The number of sulfone groups is 1. The van der Waals surface area contributed by atoms with E-state index >= 15 is 0 Å². The molecule has 1 amide bonds. The monoisotopic (exact) mass is 515 g/mol. The van der Waals surface area contributed by atoms with Gasteiger partial charge in [-0.2, -0.15) is 0 Å². The number of carbonyl (C=O) groups is 1. The van der Waals surface area contributed by atoms with Gasteiger partial charge in [-0.15, -0.1) is 0 Å². The van der Waals surface area contributed by atoms with Crippen LogP contribution in [0.2, 0.25) is 5.02 Å². The zero-order valence-corrected chi connectivity index (χ0v) is 21.0. The van der Waals surface area contributed by atoms with Crippen LogP contribution in [0.25, 0.3) is 0 Å². The third-order valence-corrected chi connectivity index (χ3v) is 8.39. The van der Waals surface area contributed by atoms with Gasteiger partial charge in [-0.3, -0.25) is 4.79 Å². The SMILES string of the molecule is CCS(=O)(=O)c1ccc(CC(=O)Nc2ccc(OC3(c4ccc(Cl)c(F)c4)CCCC3)cc2)cc1. The lowest BCUT2D eigenvalue weighted by molar-refractivity contribution is -0.115. The minimum Gasteiger partial charge on any atom is -0.483 e. The number of carbonyl (C=O) groups excluding carboxylic acids is 1. The minimum atomic E-state index is -3.27. The number of ether oxygens (including phenoxy) is 1. The van der Waals surface area contributed by atoms with Crippen LogP contribution in [-0.4, -0.2) is 20.1 Å². The third kappa shape index (κ3) is 5.85. The first-order chi connectivity index (χ1) is 16.7. The van der Waals surface area contributed by atoms with E-state index in [1.54, 1.807) is 49.4 Å². The van der Waals surface area contributed by atoms with Gasteiger partial charge in [0.25, 0.3) is 0 Å². The van der Waals surface area contributed by atoms with Gasteiger partial charge in [0.2, 0.25) is 5.91 Å². The van der Waals surface area contributed by atoms with Crippen LogP contribution in [-0.2, 0) is 26.7 Å². The standard InChI is InChI=1S/C27H27ClFNO4S/c1-2-35(32,33)23-12-5-19(6-13-23)17-26(31)30-21-8-10-22(11-9-21)34-27(15-3-4-16-27)20-7-14-24(28)25(29)18-20/h5-14,18H,2-4,15-17H2,1H3,(H,30,31). The maximum atomic E-state index is 14.1. The van der Waals surface area contributed by atoms with Crippen molar-refractivity contribution in [1.82, 2.24) is 0 Å². The number of benzene rings is 3. The van der Waals surface area contributed by atoms with Gasteiger partial charge in [0.1, 0.15) is 17.2 Å². The molecule has 1 aliphatic carbocycles. The van der Waals surface area contributed by atoms with Gasteiger partial charge >= 0.3 is 0 Å². The van der Waals surface area contributed by atoms with E-state index in [9.17, 15) is 17.6 Å². The summed E-state index contributed by atoms with van der Waals surface area (Å²) in [6.07, 6.45) is 3.67. The Morgan fingerprint density at radius 1 is 1.03 bits per heavy atom. The molecule has 1 aliphatic rings. The molecule has 3 aromatic rings. The Bertz CT molecular complexity index is 1300. The van der Waals surface area contributed by atoms with E-state index in [-0.39, 0.29) is 28.0 Å². The Morgan fingerprint density at radius 3 is 2.29 bits per heavy atom. The molecule has 0 heterocycles. The molecular weight excluding hydrogens is 489 g/mol. The first-order valence-electron chi connectivity index (χ1n) is 11.6. The molecule has 0 spiro atoms. The Balaban J connectivity index is 1.40. The Kier molecular flexibility index (Phi) is 7.47. The van der Waals surface area contributed by atoms with Crippen molar-refractivity contribution >= 4 is 33.0 Å². The Morgan fingerprint density at radius 2 is 1.69 bits per heavy atom. The van der Waals surface area contributed by atoms with Crippen LogP contribution < -0.4 is 10.1 Å². The second-order valence-corrected chi connectivity index (χ2v) is 11.4. The number of amides is 1. The minimum absolute atomic E-state index is 0.0320. The maximum Gasteiger partial charge on any atom is 0.228 e. The van der Waals surface area contributed by atoms with Crippen molar-refractivity contribution in [2.45, 2.75) is 49.5 Å². The molecule has 1 fully saturated rings. The highest BCUT2D eigenvalue weighted by molar-refractivity contribution is 7.91. The van der Waals surface area contributed by atoms with Crippen molar-refractivity contribution in [2.24, 2.45) is 0 Å². The predicted molar refractivity (Wildman–Crippen MR) is 135 cm³/mol. The molecular formula is C27H27ClFNO4S. The highest BCUT2D eigenvalue weighted by Crippen LogP contribution is 2.43. The molecule has 3 aromatic carbocycles. The lowest BCUT2D eigenvalue weighted by atomic mass is 9.91. The van der Waals surface area contributed by atoms with E-state index < -0.39 is 21.3 Å². The van der Waals surface area contributed by atoms with Crippen molar-refractivity contribution in [3.63, 3.8) is 0 Å². The molecule has 1 saturated carbocycles. The fraction of sp³-hybridized carbons (Fsp3) is 0.296. The summed E-state index contributed by atoms with van der Waals surface area (Å²) in [6, 6.07) is 18.3. The third-order valence-electron chi connectivity index (χ3n) is 6.34.